The average molecular weight is 337 g/mol. The number of rotatable bonds is 3. The van der Waals surface area contributed by atoms with Crippen LogP contribution in [0.4, 0.5) is 4.39 Å². The van der Waals surface area contributed by atoms with E-state index in [0.717, 1.165) is 21.0 Å². The number of benzene rings is 2. The van der Waals surface area contributed by atoms with Crippen molar-refractivity contribution < 1.29 is 9.13 Å². The van der Waals surface area contributed by atoms with Gasteiger partial charge >= 0.3 is 0 Å². The van der Waals surface area contributed by atoms with E-state index in [-0.39, 0.29) is 17.9 Å². The summed E-state index contributed by atoms with van der Waals surface area (Å²) in [6.07, 6.45) is 0. The molecule has 0 aliphatic carbocycles. The van der Waals surface area contributed by atoms with E-state index in [9.17, 15) is 9.18 Å². The molecule has 0 fully saturated rings. The Kier molecular flexibility index (Phi) is 3.62. The summed E-state index contributed by atoms with van der Waals surface area (Å²) in [6.45, 7) is 0.221. The summed E-state index contributed by atoms with van der Waals surface area (Å²) in [4.78, 5) is 13.1. The first-order valence-electron chi connectivity index (χ1n) is 7.86. The molecule has 5 nitrogen and oxygen atoms in total. The zero-order valence-corrected chi connectivity index (χ0v) is 13.9. The van der Waals surface area contributed by atoms with E-state index in [4.69, 9.17) is 4.74 Å². The molecule has 4 aromatic rings. The Morgan fingerprint density at radius 3 is 2.60 bits per heavy atom. The lowest BCUT2D eigenvalue weighted by Crippen LogP contribution is -2.25. The van der Waals surface area contributed by atoms with Crippen LogP contribution >= 0.6 is 0 Å². The van der Waals surface area contributed by atoms with Crippen molar-refractivity contribution in [1.29, 1.82) is 0 Å². The molecule has 4 rings (SSSR count). The van der Waals surface area contributed by atoms with Crippen molar-refractivity contribution in [3.63, 3.8) is 0 Å². The zero-order chi connectivity index (χ0) is 17.6. The summed E-state index contributed by atoms with van der Waals surface area (Å²) < 4.78 is 22.5. The second kappa shape index (κ2) is 5.82. The highest BCUT2D eigenvalue weighted by Crippen LogP contribution is 2.28. The molecule has 0 saturated heterocycles. The van der Waals surface area contributed by atoms with Gasteiger partial charge < -0.3 is 9.30 Å². The van der Waals surface area contributed by atoms with Crippen LogP contribution in [-0.2, 0) is 18.4 Å². The molecule has 0 unspecified atom stereocenters. The fraction of sp³-hybridized carbons (Fsp3) is 0.158. The highest BCUT2D eigenvalue weighted by Gasteiger charge is 2.20. The molecule has 0 aliphatic heterocycles. The Hall–Kier alpha value is -2.99. The van der Waals surface area contributed by atoms with E-state index in [2.05, 4.69) is 5.10 Å². The minimum Gasteiger partial charge on any atom is -0.378 e. The van der Waals surface area contributed by atoms with Crippen LogP contribution in [0, 0.1) is 5.82 Å². The van der Waals surface area contributed by atoms with Crippen molar-refractivity contribution >= 4 is 21.8 Å². The predicted octanol–water partition coefficient (Wildman–Crippen LogP) is 3.16. The Morgan fingerprint density at radius 2 is 1.84 bits per heavy atom. The molecule has 0 atom stereocenters. The first-order valence-corrected chi connectivity index (χ1v) is 7.86. The summed E-state index contributed by atoms with van der Waals surface area (Å²) in [5.41, 5.74) is 1.75. The van der Waals surface area contributed by atoms with Crippen LogP contribution in [0.25, 0.3) is 27.5 Å². The molecule has 0 saturated carbocycles. The van der Waals surface area contributed by atoms with E-state index in [1.165, 1.54) is 12.1 Å². The maximum Gasteiger partial charge on any atom is 0.296 e. The molecule has 0 amide bonds. The summed E-state index contributed by atoms with van der Waals surface area (Å²) in [6, 6.07) is 13.8. The van der Waals surface area contributed by atoms with Gasteiger partial charge in [0, 0.05) is 30.4 Å². The van der Waals surface area contributed by atoms with Crippen LogP contribution in [0.15, 0.2) is 53.3 Å². The van der Waals surface area contributed by atoms with Gasteiger partial charge in [-0.2, -0.15) is 9.78 Å². The zero-order valence-electron chi connectivity index (χ0n) is 13.9. The number of para-hydroxylation sites is 2. The minimum atomic E-state index is -0.501. The fourth-order valence-electron chi connectivity index (χ4n) is 3.28. The molecule has 2 heterocycles. The summed E-state index contributed by atoms with van der Waals surface area (Å²) >= 11 is 0. The van der Waals surface area contributed by atoms with E-state index >= 15 is 0 Å². The number of ether oxygens (including phenoxy) is 1. The van der Waals surface area contributed by atoms with Crippen LogP contribution in [0.5, 0.6) is 0 Å². The molecule has 0 radical (unpaired) electrons. The van der Waals surface area contributed by atoms with E-state index in [1.54, 1.807) is 19.2 Å². The van der Waals surface area contributed by atoms with Crippen LogP contribution in [0.1, 0.15) is 5.69 Å². The lowest BCUT2D eigenvalue weighted by molar-refractivity contribution is 0.181. The van der Waals surface area contributed by atoms with Gasteiger partial charge in [-0.3, -0.25) is 4.79 Å². The van der Waals surface area contributed by atoms with Crippen molar-refractivity contribution in [3.05, 3.63) is 70.4 Å². The lowest BCUT2D eigenvalue weighted by Gasteiger charge is -2.10. The van der Waals surface area contributed by atoms with E-state index in [1.807, 2.05) is 35.9 Å². The van der Waals surface area contributed by atoms with Crippen LogP contribution < -0.4 is 5.56 Å². The SMILES string of the molecule is COCc1nn(-c2ccccc2F)c(=O)c2c1c1ccccc1n2C. The molecule has 0 N–H and O–H groups in total. The van der Waals surface area contributed by atoms with Crippen LogP contribution in [0.3, 0.4) is 0 Å². The second-order valence-corrected chi connectivity index (χ2v) is 5.85. The number of hydrogen-bond donors (Lipinski definition) is 0. The largest absolute Gasteiger partial charge is 0.378 e. The van der Waals surface area contributed by atoms with Gasteiger partial charge in [-0.05, 0) is 18.2 Å². The summed E-state index contributed by atoms with van der Waals surface area (Å²) in [7, 11) is 3.39. The van der Waals surface area contributed by atoms with Gasteiger partial charge in [-0.1, -0.05) is 30.3 Å². The van der Waals surface area contributed by atoms with Crippen molar-refractivity contribution in [2.24, 2.45) is 7.05 Å². The van der Waals surface area contributed by atoms with E-state index in [0.29, 0.717) is 11.2 Å². The van der Waals surface area contributed by atoms with Gasteiger partial charge in [0.05, 0.1) is 12.3 Å². The van der Waals surface area contributed by atoms with Gasteiger partial charge in [0.2, 0.25) is 0 Å². The molecule has 2 aromatic carbocycles. The Labute approximate surface area is 142 Å². The normalized spacial score (nSPS) is 11.5. The minimum absolute atomic E-state index is 0.122. The molecule has 25 heavy (non-hydrogen) atoms. The first-order chi connectivity index (χ1) is 12.1. The number of aromatic nitrogens is 3. The molecule has 0 spiro atoms. The number of halogens is 1. The molecule has 2 aromatic heterocycles. The van der Waals surface area contributed by atoms with Crippen molar-refractivity contribution in [3.8, 4) is 5.69 Å². The fourth-order valence-corrected chi connectivity index (χ4v) is 3.28. The number of fused-ring (bicyclic) bond motifs is 3. The standard InChI is InChI=1S/C19H16FN3O2/c1-22-15-9-5-3-7-12(15)17-14(11-25-2)21-23(19(24)18(17)22)16-10-6-4-8-13(16)20/h3-10H,11H2,1-2H3. The van der Waals surface area contributed by atoms with Gasteiger partial charge in [0.25, 0.3) is 5.56 Å². The monoisotopic (exact) mass is 337 g/mol. The van der Waals surface area contributed by atoms with Crippen molar-refractivity contribution in [2.45, 2.75) is 6.61 Å². The third-order valence-corrected chi connectivity index (χ3v) is 4.37. The maximum atomic E-state index is 14.2. The van der Waals surface area contributed by atoms with Crippen molar-refractivity contribution in [2.75, 3.05) is 7.11 Å². The maximum absolute atomic E-state index is 14.2. The first kappa shape index (κ1) is 15.5. The molecule has 0 bridgehead atoms. The molecule has 126 valence electrons. The highest BCUT2D eigenvalue weighted by molar-refractivity contribution is 6.08. The van der Waals surface area contributed by atoms with Gasteiger partial charge in [-0.15, -0.1) is 0 Å². The number of aryl methyl sites for hydroxylation is 1. The Bertz CT molecular complexity index is 1160. The van der Waals surface area contributed by atoms with Crippen LogP contribution in [0.2, 0.25) is 0 Å². The topological polar surface area (TPSA) is 49.1 Å². The molecular weight excluding hydrogens is 321 g/mol. The van der Waals surface area contributed by atoms with Crippen molar-refractivity contribution in [1.82, 2.24) is 14.3 Å². The second-order valence-electron chi connectivity index (χ2n) is 5.85. The third kappa shape index (κ3) is 2.26. The van der Waals surface area contributed by atoms with Gasteiger partial charge in [0.1, 0.15) is 17.0 Å². The predicted molar refractivity (Wildman–Crippen MR) is 94.5 cm³/mol. The molecule has 6 heteroatoms. The average Bonchev–Trinajstić information content (AvgIpc) is 2.92. The van der Waals surface area contributed by atoms with Crippen LogP contribution in [-0.4, -0.2) is 21.5 Å². The quantitative estimate of drug-likeness (QED) is 0.577. The van der Waals surface area contributed by atoms with Gasteiger partial charge in [-0.25, -0.2) is 4.39 Å². The van der Waals surface area contributed by atoms with Gasteiger partial charge in [0.15, 0.2) is 0 Å². The third-order valence-electron chi connectivity index (χ3n) is 4.37. The number of methoxy groups -OCH3 is 1. The number of hydrogen-bond acceptors (Lipinski definition) is 3. The molecular formula is C19H16FN3O2. The summed E-state index contributed by atoms with van der Waals surface area (Å²) in [5, 5.41) is 6.09. The van der Waals surface area contributed by atoms with E-state index < -0.39 is 5.82 Å². The number of nitrogens with zero attached hydrogens (tertiary/aromatic N) is 3. The summed E-state index contributed by atoms with van der Waals surface area (Å²) in [5.74, 6) is -0.501. The molecule has 0 aliphatic rings. The lowest BCUT2D eigenvalue weighted by atomic mass is 10.1. The Balaban J connectivity index is 2.20. The Morgan fingerprint density at radius 1 is 1.12 bits per heavy atom. The highest BCUT2D eigenvalue weighted by atomic mass is 19.1. The smallest absolute Gasteiger partial charge is 0.296 e.